The molecule has 0 amide bonds. The molecule has 2 rings (SSSR count). The largest absolute Gasteiger partial charge is 0.362 e. The van der Waals surface area contributed by atoms with Crippen molar-refractivity contribution in [2.45, 2.75) is 46.0 Å². The molecule has 0 atom stereocenters. The molecule has 4 N–H and O–H groups in total. The monoisotopic (exact) mass is 428 g/mol. The van der Waals surface area contributed by atoms with E-state index in [1.54, 1.807) is 0 Å². The van der Waals surface area contributed by atoms with Crippen LogP contribution in [0.15, 0.2) is 48.5 Å². The van der Waals surface area contributed by atoms with Crippen molar-refractivity contribution in [2.75, 3.05) is 23.7 Å². The van der Waals surface area contributed by atoms with Crippen LogP contribution in [0.2, 0.25) is 0 Å². The molecule has 0 fully saturated rings. The quantitative estimate of drug-likeness (QED) is 0.298. The average molecular weight is 429 g/mol. The van der Waals surface area contributed by atoms with Gasteiger partial charge in [-0.05, 0) is 79.1 Å². The summed E-state index contributed by atoms with van der Waals surface area (Å²) in [6.45, 7) is 6.15. The fraction of sp³-hybridized carbons (Fsp3) is 0.391. The number of unbranched alkanes of at least 4 members (excludes halogenated alkanes) is 2. The van der Waals surface area contributed by atoms with E-state index in [-0.39, 0.29) is 0 Å². The van der Waals surface area contributed by atoms with Crippen molar-refractivity contribution in [3.63, 3.8) is 0 Å². The Morgan fingerprint density at radius 1 is 0.655 bits per heavy atom. The Hall–Kier alpha value is -2.18. The van der Waals surface area contributed by atoms with Gasteiger partial charge in [-0.15, -0.1) is 0 Å². The van der Waals surface area contributed by atoms with Gasteiger partial charge in [0.2, 0.25) is 0 Å². The molecule has 0 bridgehead atoms. The second-order valence-electron chi connectivity index (χ2n) is 7.04. The van der Waals surface area contributed by atoms with Crippen LogP contribution < -0.4 is 21.3 Å². The van der Waals surface area contributed by atoms with Crippen LogP contribution in [0.1, 0.15) is 50.7 Å². The Morgan fingerprint density at radius 3 is 1.38 bits per heavy atom. The fourth-order valence-electron chi connectivity index (χ4n) is 2.76. The molecule has 29 heavy (non-hydrogen) atoms. The highest BCUT2D eigenvalue weighted by Crippen LogP contribution is 2.16. The summed E-state index contributed by atoms with van der Waals surface area (Å²) in [4.78, 5) is 0. The molecule has 0 aliphatic carbocycles. The van der Waals surface area contributed by atoms with Gasteiger partial charge in [-0.1, -0.05) is 51.0 Å². The van der Waals surface area contributed by atoms with E-state index in [1.165, 1.54) is 11.1 Å². The summed E-state index contributed by atoms with van der Waals surface area (Å²) in [5.74, 6) is 0. The maximum atomic E-state index is 5.32. The van der Waals surface area contributed by atoms with Gasteiger partial charge >= 0.3 is 0 Å². The van der Waals surface area contributed by atoms with Gasteiger partial charge in [0, 0.05) is 24.5 Å². The van der Waals surface area contributed by atoms with Gasteiger partial charge in [0.1, 0.15) is 0 Å². The lowest BCUT2D eigenvalue weighted by molar-refractivity contribution is 0.758. The molecule has 4 nitrogen and oxygen atoms in total. The summed E-state index contributed by atoms with van der Waals surface area (Å²) in [7, 11) is 0. The molecule has 156 valence electrons. The van der Waals surface area contributed by atoms with E-state index in [4.69, 9.17) is 24.4 Å². The third-order valence-electron chi connectivity index (χ3n) is 4.46. The zero-order valence-electron chi connectivity index (χ0n) is 17.4. The lowest BCUT2D eigenvalue weighted by Crippen LogP contribution is -2.29. The first-order valence-electron chi connectivity index (χ1n) is 10.4. The summed E-state index contributed by atoms with van der Waals surface area (Å²) >= 11 is 10.6. The minimum atomic E-state index is 0.677. The second kappa shape index (κ2) is 13.1. The van der Waals surface area contributed by atoms with Crippen molar-refractivity contribution in [3.8, 4) is 0 Å². The van der Waals surface area contributed by atoms with Crippen LogP contribution in [0.5, 0.6) is 0 Å². The summed E-state index contributed by atoms with van der Waals surface area (Å²) < 4.78 is 0. The Labute approximate surface area is 185 Å². The van der Waals surface area contributed by atoms with Crippen LogP contribution in [0.3, 0.4) is 0 Å². The zero-order valence-corrected chi connectivity index (χ0v) is 19.0. The van der Waals surface area contributed by atoms with Gasteiger partial charge in [0.15, 0.2) is 10.2 Å². The number of benzene rings is 2. The normalized spacial score (nSPS) is 10.3. The minimum absolute atomic E-state index is 0.677. The molecule has 0 aliphatic rings. The maximum Gasteiger partial charge on any atom is 0.170 e. The summed E-state index contributed by atoms with van der Waals surface area (Å²) in [6.07, 6.45) is 5.44. The van der Waals surface area contributed by atoms with Crippen LogP contribution in [-0.2, 0) is 6.42 Å². The maximum absolute atomic E-state index is 5.32. The molecule has 0 aliphatic heterocycles. The van der Waals surface area contributed by atoms with Crippen LogP contribution in [0.25, 0.3) is 0 Å². The van der Waals surface area contributed by atoms with Crippen LogP contribution >= 0.6 is 24.4 Å². The second-order valence-corrected chi connectivity index (χ2v) is 7.86. The SMILES string of the molecule is CCCCNC(=S)Nc1ccc(Cc2ccc(NC(=S)NCCCC)cc2)cc1. The molecule has 2 aromatic carbocycles. The fourth-order valence-corrected chi connectivity index (χ4v) is 3.20. The van der Waals surface area contributed by atoms with Crippen molar-refractivity contribution < 1.29 is 0 Å². The Balaban J connectivity index is 1.80. The van der Waals surface area contributed by atoms with Crippen LogP contribution in [-0.4, -0.2) is 23.3 Å². The van der Waals surface area contributed by atoms with Gasteiger partial charge in [-0.2, -0.15) is 0 Å². The first kappa shape index (κ1) is 23.1. The average Bonchev–Trinajstić information content (AvgIpc) is 2.71. The minimum Gasteiger partial charge on any atom is -0.362 e. The standard InChI is InChI=1S/C23H32N4S2/c1-3-5-15-24-22(28)26-20-11-7-18(8-12-20)17-19-9-13-21(14-10-19)27-23(29)25-16-6-4-2/h7-14H,3-6,15-17H2,1-2H3,(H2,24,26,28)(H2,25,27,29). The van der Waals surface area contributed by atoms with E-state index in [1.807, 2.05) is 0 Å². The van der Waals surface area contributed by atoms with Gasteiger partial charge in [0.25, 0.3) is 0 Å². The van der Waals surface area contributed by atoms with Crippen molar-refractivity contribution in [3.05, 3.63) is 59.7 Å². The number of hydrogen-bond donors (Lipinski definition) is 4. The Kier molecular flexibility index (Phi) is 10.5. The summed E-state index contributed by atoms with van der Waals surface area (Å²) in [5, 5.41) is 14.3. The molecule has 0 saturated carbocycles. The smallest absolute Gasteiger partial charge is 0.170 e. The zero-order chi connectivity index (χ0) is 20.9. The first-order chi connectivity index (χ1) is 14.1. The van der Waals surface area contributed by atoms with Gasteiger partial charge in [0.05, 0.1) is 0 Å². The first-order valence-corrected chi connectivity index (χ1v) is 11.2. The predicted molar refractivity (Wildman–Crippen MR) is 134 cm³/mol. The summed E-state index contributed by atoms with van der Waals surface area (Å²) in [6, 6.07) is 16.8. The summed E-state index contributed by atoms with van der Waals surface area (Å²) in [5.41, 5.74) is 4.54. The lowest BCUT2D eigenvalue weighted by atomic mass is 10.0. The number of hydrogen-bond acceptors (Lipinski definition) is 2. The molecule has 2 aromatic rings. The number of nitrogens with one attached hydrogen (secondary N) is 4. The number of rotatable bonds is 10. The molecular weight excluding hydrogens is 396 g/mol. The molecule has 0 radical (unpaired) electrons. The molecular formula is C23H32N4S2. The number of anilines is 2. The number of thiocarbonyl (C=S) groups is 2. The molecule has 0 aromatic heterocycles. The molecule has 6 heteroatoms. The van der Waals surface area contributed by atoms with E-state index in [0.29, 0.717) is 10.2 Å². The van der Waals surface area contributed by atoms with E-state index in [0.717, 1.165) is 56.6 Å². The topological polar surface area (TPSA) is 48.1 Å². The van der Waals surface area contributed by atoms with Crippen LogP contribution in [0, 0.1) is 0 Å². The van der Waals surface area contributed by atoms with Gasteiger partial charge in [-0.25, -0.2) is 0 Å². The van der Waals surface area contributed by atoms with E-state index in [9.17, 15) is 0 Å². The third kappa shape index (κ3) is 9.24. The molecule has 0 spiro atoms. The van der Waals surface area contributed by atoms with E-state index >= 15 is 0 Å². The van der Waals surface area contributed by atoms with Gasteiger partial charge < -0.3 is 21.3 Å². The highest BCUT2D eigenvalue weighted by atomic mass is 32.1. The molecule has 0 unspecified atom stereocenters. The van der Waals surface area contributed by atoms with E-state index in [2.05, 4.69) is 83.6 Å². The van der Waals surface area contributed by atoms with Gasteiger partial charge in [-0.3, -0.25) is 0 Å². The van der Waals surface area contributed by atoms with Crippen molar-refractivity contribution in [1.29, 1.82) is 0 Å². The molecule has 0 heterocycles. The highest BCUT2D eigenvalue weighted by molar-refractivity contribution is 7.80. The van der Waals surface area contributed by atoms with Crippen molar-refractivity contribution >= 4 is 46.0 Å². The predicted octanol–water partition coefficient (Wildman–Crippen LogP) is 5.45. The Morgan fingerprint density at radius 2 is 1.03 bits per heavy atom. The third-order valence-corrected chi connectivity index (χ3v) is 4.96. The molecule has 0 saturated heterocycles. The van der Waals surface area contributed by atoms with Crippen molar-refractivity contribution in [2.24, 2.45) is 0 Å². The highest BCUT2D eigenvalue weighted by Gasteiger charge is 2.01. The van der Waals surface area contributed by atoms with Crippen LogP contribution in [0.4, 0.5) is 11.4 Å². The van der Waals surface area contributed by atoms with E-state index < -0.39 is 0 Å². The lowest BCUT2D eigenvalue weighted by Gasteiger charge is -2.11. The van der Waals surface area contributed by atoms with Crippen molar-refractivity contribution in [1.82, 2.24) is 10.6 Å². The Bertz CT molecular complexity index is 692.